The van der Waals surface area contributed by atoms with Gasteiger partial charge >= 0.3 is 0 Å². The SMILES string of the molecule is CCCCCCCN1CCC(C)C(C)C(C)C1. The molecular formula is C16H33N. The van der Waals surface area contributed by atoms with Gasteiger partial charge < -0.3 is 4.90 Å². The van der Waals surface area contributed by atoms with Crippen LogP contribution in [-0.2, 0) is 0 Å². The van der Waals surface area contributed by atoms with E-state index in [1.54, 1.807) is 0 Å². The van der Waals surface area contributed by atoms with E-state index in [0.29, 0.717) is 0 Å². The quantitative estimate of drug-likeness (QED) is 0.614. The molecule has 1 fully saturated rings. The van der Waals surface area contributed by atoms with Gasteiger partial charge in [-0.3, -0.25) is 0 Å². The van der Waals surface area contributed by atoms with E-state index in [2.05, 4.69) is 32.6 Å². The van der Waals surface area contributed by atoms with Crippen LogP contribution in [0.25, 0.3) is 0 Å². The molecule has 0 aromatic rings. The molecule has 0 amide bonds. The zero-order valence-electron chi connectivity index (χ0n) is 12.5. The summed E-state index contributed by atoms with van der Waals surface area (Å²) < 4.78 is 0. The van der Waals surface area contributed by atoms with Crippen molar-refractivity contribution in [3.63, 3.8) is 0 Å². The van der Waals surface area contributed by atoms with E-state index >= 15 is 0 Å². The Morgan fingerprint density at radius 2 is 1.65 bits per heavy atom. The first kappa shape index (κ1) is 15.0. The van der Waals surface area contributed by atoms with Crippen LogP contribution in [0.15, 0.2) is 0 Å². The predicted molar refractivity (Wildman–Crippen MR) is 77.3 cm³/mol. The molecule has 102 valence electrons. The summed E-state index contributed by atoms with van der Waals surface area (Å²) in [7, 11) is 0. The van der Waals surface area contributed by atoms with E-state index in [0.717, 1.165) is 17.8 Å². The van der Waals surface area contributed by atoms with E-state index in [4.69, 9.17) is 0 Å². The van der Waals surface area contributed by atoms with Crippen LogP contribution in [-0.4, -0.2) is 24.5 Å². The summed E-state index contributed by atoms with van der Waals surface area (Å²) in [5.41, 5.74) is 0. The van der Waals surface area contributed by atoms with Crippen molar-refractivity contribution in [2.45, 2.75) is 66.2 Å². The minimum atomic E-state index is 0.878. The molecule has 0 spiro atoms. The third-order valence-electron chi connectivity index (χ3n) is 4.82. The second-order valence-electron chi connectivity index (χ2n) is 6.32. The van der Waals surface area contributed by atoms with E-state index in [9.17, 15) is 0 Å². The second kappa shape index (κ2) is 8.13. The highest BCUT2D eigenvalue weighted by molar-refractivity contribution is 4.77. The highest BCUT2D eigenvalue weighted by atomic mass is 15.1. The highest BCUT2D eigenvalue weighted by Gasteiger charge is 2.25. The maximum absolute atomic E-state index is 2.72. The summed E-state index contributed by atoms with van der Waals surface area (Å²) in [5, 5.41) is 0. The largest absolute Gasteiger partial charge is 0.303 e. The lowest BCUT2D eigenvalue weighted by molar-refractivity contribution is 0.231. The zero-order chi connectivity index (χ0) is 12.7. The molecule has 0 aromatic carbocycles. The number of unbranched alkanes of at least 4 members (excludes halogenated alkanes) is 4. The monoisotopic (exact) mass is 239 g/mol. The van der Waals surface area contributed by atoms with Crippen LogP contribution in [0.2, 0.25) is 0 Å². The van der Waals surface area contributed by atoms with Crippen LogP contribution in [0.1, 0.15) is 66.2 Å². The average Bonchev–Trinajstić information content (AvgIpc) is 2.43. The van der Waals surface area contributed by atoms with Crippen molar-refractivity contribution in [3.05, 3.63) is 0 Å². The fourth-order valence-electron chi connectivity index (χ4n) is 3.02. The molecular weight excluding hydrogens is 206 g/mol. The Kier molecular flexibility index (Phi) is 7.18. The molecule has 1 aliphatic rings. The van der Waals surface area contributed by atoms with Crippen molar-refractivity contribution in [2.24, 2.45) is 17.8 Å². The van der Waals surface area contributed by atoms with Crippen molar-refractivity contribution in [1.29, 1.82) is 0 Å². The standard InChI is InChI=1S/C16H33N/c1-5-6-7-8-9-11-17-12-10-14(2)16(4)15(3)13-17/h14-16H,5-13H2,1-4H3. The molecule has 0 radical (unpaired) electrons. The fourth-order valence-corrected chi connectivity index (χ4v) is 3.02. The second-order valence-corrected chi connectivity index (χ2v) is 6.32. The van der Waals surface area contributed by atoms with Crippen LogP contribution in [0.3, 0.4) is 0 Å². The number of nitrogens with zero attached hydrogens (tertiary/aromatic N) is 1. The Labute approximate surface area is 109 Å². The minimum Gasteiger partial charge on any atom is -0.303 e. The van der Waals surface area contributed by atoms with E-state index in [1.807, 2.05) is 0 Å². The third-order valence-corrected chi connectivity index (χ3v) is 4.82. The van der Waals surface area contributed by atoms with Gasteiger partial charge in [-0.05, 0) is 43.7 Å². The maximum atomic E-state index is 2.72. The topological polar surface area (TPSA) is 3.24 Å². The molecule has 1 heterocycles. The first-order chi connectivity index (χ1) is 8.15. The highest BCUT2D eigenvalue weighted by Crippen LogP contribution is 2.27. The van der Waals surface area contributed by atoms with Crippen LogP contribution < -0.4 is 0 Å². The van der Waals surface area contributed by atoms with Gasteiger partial charge in [0.05, 0.1) is 0 Å². The Morgan fingerprint density at radius 3 is 2.35 bits per heavy atom. The Hall–Kier alpha value is -0.0400. The van der Waals surface area contributed by atoms with Crippen LogP contribution >= 0.6 is 0 Å². The molecule has 0 bridgehead atoms. The van der Waals surface area contributed by atoms with Crippen LogP contribution in [0.5, 0.6) is 0 Å². The Bertz CT molecular complexity index is 190. The molecule has 0 aliphatic carbocycles. The Morgan fingerprint density at radius 1 is 0.941 bits per heavy atom. The van der Waals surface area contributed by atoms with Gasteiger partial charge in [0.2, 0.25) is 0 Å². The van der Waals surface area contributed by atoms with Gasteiger partial charge in [-0.15, -0.1) is 0 Å². The molecule has 1 heteroatoms. The van der Waals surface area contributed by atoms with E-state index < -0.39 is 0 Å². The van der Waals surface area contributed by atoms with Crippen molar-refractivity contribution in [3.8, 4) is 0 Å². The number of rotatable bonds is 6. The summed E-state index contributed by atoms with van der Waals surface area (Å²) in [6.07, 6.45) is 8.47. The maximum Gasteiger partial charge on any atom is 0.000966 e. The zero-order valence-corrected chi connectivity index (χ0v) is 12.5. The number of likely N-dealkylation sites (tertiary alicyclic amines) is 1. The third kappa shape index (κ3) is 5.42. The molecule has 0 saturated carbocycles. The molecule has 1 aliphatic heterocycles. The molecule has 0 N–H and O–H groups in total. The summed E-state index contributed by atoms with van der Waals surface area (Å²) in [6, 6.07) is 0. The van der Waals surface area contributed by atoms with Crippen LogP contribution in [0, 0.1) is 17.8 Å². The average molecular weight is 239 g/mol. The minimum absolute atomic E-state index is 0.878. The van der Waals surface area contributed by atoms with Crippen molar-refractivity contribution in [2.75, 3.05) is 19.6 Å². The smallest absolute Gasteiger partial charge is 0.000966 e. The molecule has 1 nitrogen and oxygen atoms in total. The molecule has 3 unspecified atom stereocenters. The molecule has 1 saturated heterocycles. The first-order valence-corrected chi connectivity index (χ1v) is 7.87. The first-order valence-electron chi connectivity index (χ1n) is 7.87. The molecule has 0 aromatic heterocycles. The van der Waals surface area contributed by atoms with Crippen molar-refractivity contribution < 1.29 is 0 Å². The predicted octanol–water partition coefficient (Wildman–Crippen LogP) is 4.57. The van der Waals surface area contributed by atoms with E-state index in [-0.39, 0.29) is 0 Å². The number of hydrogen-bond donors (Lipinski definition) is 0. The summed E-state index contributed by atoms with van der Waals surface area (Å²) in [4.78, 5) is 2.72. The van der Waals surface area contributed by atoms with Gasteiger partial charge in [0, 0.05) is 6.54 Å². The normalized spacial score (nSPS) is 31.4. The lowest BCUT2D eigenvalue weighted by Gasteiger charge is -2.24. The van der Waals surface area contributed by atoms with Gasteiger partial charge in [0.1, 0.15) is 0 Å². The Balaban J connectivity index is 2.20. The fraction of sp³-hybridized carbons (Fsp3) is 1.00. The van der Waals surface area contributed by atoms with Gasteiger partial charge in [-0.1, -0.05) is 53.4 Å². The van der Waals surface area contributed by atoms with Gasteiger partial charge in [-0.2, -0.15) is 0 Å². The van der Waals surface area contributed by atoms with Crippen molar-refractivity contribution in [1.82, 2.24) is 4.90 Å². The lowest BCUT2D eigenvalue weighted by atomic mass is 9.85. The molecule has 1 rings (SSSR count). The molecule has 17 heavy (non-hydrogen) atoms. The van der Waals surface area contributed by atoms with Crippen LogP contribution in [0.4, 0.5) is 0 Å². The number of hydrogen-bond acceptors (Lipinski definition) is 1. The molecule has 3 atom stereocenters. The summed E-state index contributed by atoms with van der Waals surface area (Å²) >= 11 is 0. The van der Waals surface area contributed by atoms with Gasteiger partial charge in [0.15, 0.2) is 0 Å². The summed E-state index contributed by atoms with van der Waals surface area (Å²) in [5.74, 6) is 2.69. The van der Waals surface area contributed by atoms with Gasteiger partial charge in [-0.25, -0.2) is 0 Å². The lowest BCUT2D eigenvalue weighted by Crippen LogP contribution is -2.29. The van der Waals surface area contributed by atoms with E-state index in [1.165, 1.54) is 58.2 Å². The van der Waals surface area contributed by atoms with Crippen molar-refractivity contribution >= 4 is 0 Å². The summed E-state index contributed by atoms with van der Waals surface area (Å²) in [6.45, 7) is 13.6. The van der Waals surface area contributed by atoms with Gasteiger partial charge in [0.25, 0.3) is 0 Å².